The Balaban J connectivity index is 1.96. The van der Waals surface area contributed by atoms with E-state index in [9.17, 15) is 5.11 Å². The Morgan fingerprint density at radius 1 is 1.50 bits per heavy atom. The number of aryl methyl sites for hydroxylation is 1. The molecule has 0 saturated carbocycles. The highest BCUT2D eigenvalue weighted by Gasteiger charge is 2.24. The molecule has 1 atom stereocenters. The van der Waals surface area contributed by atoms with Crippen molar-refractivity contribution in [1.29, 1.82) is 0 Å². The summed E-state index contributed by atoms with van der Waals surface area (Å²) in [5, 5.41) is 22.5. The number of rotatable bonds is 6. The van der Waals surface area contributed by atoms with Crippen molar-refractivity contribution in [1.82, 2.24) is 20.8 Å². The largest absolute Gasteiger partial charge is 0.383 e. The molecule has 2 heterocycles. The van der Waals surface area contributed by atoms with Gasteiger partial charge in [-0.05, 0) is 25.3 Å². The molecule has 3 N–H and O–H groups in total. The van der Waals surface area contributed by atoms with Gasteiger partial charge < -0.3 is 20.3 Å². The number of nitrogens with zero attached hydrogens (tertiary/aromatic N) is 3. The van der Waals surface area contributed by atoms with E-state index in [0.29, 0.717) is 30.8 Å². The molecule has 7 nitrogen and oxygen atoms in total. The molecule has 2 rings (SSSR count). The summed E-state index contributed by atoms with van der Waals surface area (Å²) in [6.07, 6.45) is 0. The first kappa shape index (κ1) is 16.4. The Morgan fingerprint density at radius 3 is 2.91 bits per heavy atom. The van der Waals surface area contributed by atoms with Gasteiger partial charge in [-0.3, -0.25) is 0 Å². The number of aromatic nitrogens is 2. The first-order chi connectivity index (χ1) is 10.5. The van der Waals surface area contributed by atoms with Crippen LogP contribution < -0.4 is 10.6 Å². The van der Waals surface area contributed by atoms with Crippen molar-refractivity contribution in [2.45, 2.75) is 32.9 Å². The number of guanidine groups is 1. The van der Waals surface area contributed by atoms with Crippen molar-refractivity contribution in [2.75, 3.05) is 13.1 Å². The van der Waals surface area contributed by atoms with E-state index in [4.69, 9.17) is 4.52 Å². The van der Waals surface area contributed by atoms with Crippen LogP contribution in [0.2, 0.25) is 0 Å². The van der Waals surface area contributed by atoms with Crippen LogP contribution in [0.4, 0.5) is 0 Å². The fourth-order valence-electron chi connectivity index (χ4n) is 1.83. The van der Waals surface area contributed by atoms with Crippen molar-refractivity contribution in [3.8, 4) is 0 Å². The van der Waals surface area contributed by atoms with Crippen molar-refractivity contribution >= 4 is 17.3 Å². The molecule has 8 heteroatoms. The van der Waals surface area contributed by atoms with E-state index < -0.39 is 5.60 Å². The highest BCUT2D eigenvalue weighted by Crippen LogP contribution is 2.24. The summed E-state index contributed by atoms with van der Waals surface area (Å²) in [5.74, 6) is 1.64. The average molecular weight is 323 g/mol. The summed E-state index contributed by atoms with van der Waals surface area (Å²) in [7, 11) is 0. The second-order valence-electron chi connectivity index (χ2n) is 5.03. The number of hydrogen-bond donors (Lipinski definition) is 3. The molecule has 2 aromatic heterocycles. The SMILES string of the molecule is CCNC(=NCc1noc(C)n1)NCC(C)(O)c1cccs1. The lowest BCUT2D eigenvalue weighted by Gasteiger charge is -2.23. The normalized spacial score (nSPS) is 14.6. The molecular weight excluding hydrogens is 302 g/mol. The zero-order chi connectivity index (χ0) is 16.0. The zero-order valence-corrected chi connectivity index (χ0v) is 13.8. The molecule has 0 saturated heterocycles. The monoisotopic (exact) mass is 323 g/mol. The van der Waals surface area contributed by atoms with E-state index in [2.05, 4.69) is 25.8 Å². The minimum Gasteiger partial charge on any atom is -0.383 e. The standard InChI is InChI=1S/C14H21N5O2S/c1-4-15-13(16-8-12-18-10(2)21-19-12)17-9-14(3,20)11-6-5-7-22-11/h5-7,20H,4,8-9H2,1-3H3,(H2,15,16,17). The summed E-state index contributed by atoms with van der Waals surface area (Å²) < 4.78 is 4.91. The first-order valence-electron chi connectivity index (χ1n) is 7.09. The third-order valence-corrected chi connectivity index (χ3v) is 4.07. The molecule has 0 radical (unpaired) electrons. The number of aliphatic imine (C=N–C) groups is 1. The van der Waals surface area contributed by atoms with Crippen LogP contribution in [0.15, 0.2) is 27.0 Å². The predicted molar refractivity (Wildman–Crippen MR) is 85.7 cm³/mol. The predicted octanol–water partition coefficient (Wildman–Crippen LogP) is 1.40. The van der Waals surface area contributed by atoms with Crippen LogP contribution >= 0.6 is 11.3 Å². The Kier molecular flexibility index (Phi) is 5.51. The van der Waals surface area contributed by atoms with Crippen molar-refractivity contribution in [3.63, 3.8) is 0 Å². The highest BCUT2D eigenvalue weighted by atomic mass is 32.1. The molecule has 22 heavy (non-hydrogen) atoms. The van der Waals surface area contributed by atoms with E-state index in [1.807, 2.05) is 24.4 Å². The van der Waals surface area contributed by atoms with Gasteiger partial charge in [0.25, 0.3) is 0 Å². The summed E-state index contributed by atoms with van der Waals surface area (Å²) >= 11 is 1.53. The average Bonchev–Trinajstić information content (AvgIpc) is 3.13. The van der Waals surface area contributed by atoms with Gasteiger partial charge in [0.2, 0.25) is 5.89 Å². The third kappa shape index (κ3) is 4.54. The van der Waals surface area contributed by atoms with Crippen LogP contribution in [0, 0.1) is 6.92 Å². The maximum absolute atomic E-state index is 10.5. The number of thiophene rings is 1. The van der Waals surface area contributed by atoms with E-state index in [1.54, 1.807) is 13.8 Å². The van der Waals surface area contributed by atoms with Crippen LogP contribution in [0.25, 0.3) is 0 Å². The van der Waals surface area contributed by atoms with Crippen LogP contribution in [0.1, 0.15) is 30.4 Å². The Hall–Kier alpha value is -1.93. The summed E-state index contributed by atoms with van der Waals surface area (Å²) in [6.45, 7) is 6.88. The van der Waals surface area contributed by atoms with E-state index >= 15 is 0 Å². The third-order valence-electron chi connectivity index (χ3n) is 2.94. The van der Waals surface area contributed by atoms with Crippen LogP contribution in [0.5, 0.6) is 0 Å². The topological polar surface area (TPSA) is 95.6 Å². The maximum Gasteiger partial charge on any atom is 0.223 e. The molecular formula is C14H21N5O2S. The van der Waals surface area contributed by atoms with Crippen LogP contribution in [0.3, 0.4) is 0 Å². The number of nitrogens with one attached hydrogen (secondary N) is 2. The van der Waals surface area contributed by atoms with Gasteiger partial charge in [0.05, 0.1) is 6.54 Å². The molecule has 0 aliphatic rings. The van der Waals surface area contributed by atoms with Gasteiger partial charge >= 0.3 is 0 Å². The summed E-state index contributed by atoms with van der Waals surface area (Å²) in [4.78, 5) is 9.39. The second-order valence-corrected chi connectivity index (χ2v) is 5.98. The van der Waals surface area contributed by atoms with E-state index in [1.165, 1.54) is 11.3 Å². The highest BCUT2D eigenvalue weighted by molar-refractivity contribution is 7.10. The minimum atomic E-state index is -0.951. The lowest BCUT2D eigenvalue weighted by molar-refractivity contribution is 0.0655. The van der Waals surface area contributed by atoms with Gasteiger partial charge in [-0.25, -0.2) is 4.99 Å². The first-order valence-corrected chi connectivity index (χ1v) is 7.97. The molecule has 2 aromatic rings. The Morgan fingerprint density at radius 2 is 2.32 bits per heavy atom. The lowest BCUT2D eigenvalue weighted by Crippen LogP contribution is -2.44. The molecule has 0 aliphatic carbocycles. The Labute approximate surface area is 133 Å². The van der Waals surface area contributed by atoms with Gasteiger partial charge in [-0.2, -0.15) is 4.98 Å². The lowest BCUT2D eigenvalue weighted by atomic mass is 10.1. The molecule has 1 unspecified atom stereocenters. The Bertz CT molecular complexity index is 607. The van der Waals surface area contributed by atoms with E-state index in [0.717, 1.165) is 11.4 Å². The van der Waals surface area contributed by atoms with Gasteiger partial charge in [-0.1, -0.05) is 11.2 Å². The smallest absolute Gasteiger partial charge is 0.223 e. The van der Waals surface area contributed by atoms with Gasteiger partial charge in [-0.15, -0.1) is 11.3 Å². The second kappa shape index (κ2) is 7.37. The molecule has 0 spiro atoms. The van der Waals surface area contributed by atoms with Gasteiger partial charge in [0.15, 0.2) is 11.8 Å². The van der Waals surface area contributed by atoms with E-state index in [-0.39, 0.29) is 0 Å². The fraction of sp³-hybridized carbons (Fsp3) is 0.500. The number of aliphatic hydroxyl groups is 1. The summed E-state index contributed by atoms with van der Waals surface area (Å²) in [6, 6.07) is 3.84. The zero-order valence-electron chi connectivity index (χ0n) is 13.0. The van der Waals surface area contributed by atoms with Crippen molar-refractivity contribution < 1.29 is 9.63 Å². The van der Waals surface area contributed by atoms with Crippen molar-refractivity contribution in [2.24, 2.45) is 4.99 Å². The quantitative estimate of drug-likeness (QED) is 0.549. The molecule has 0 aromatic carbocycles. The molecule has 0 fully saturated rings. The molecule has 0 aliphatic heterocycles. The van der Waals surface area contributed by atoms with Crippen LogP contribution in [-0.4, -0.2) is 34.3 Å². The fourth-order valence-corrected chi connectivity index (χ4v) is 2.61. The van der Waals surface area contributed by atoms with Crippen LogP contribution in [-0.2, 0) is 12.1 Å². The molecule has 0 bridgehead atoms. The summed E-state index contributed by atoms with van der Waals surface area (Å²) in [5.41, 5.74) is -0.951. The van der Waals surface area contributed by atoms with Crippen molar-refractivity contribution in [3.05, 3.63) is 34.1 Å². The maximum atomic E-state index is 10.5. The molecule has 0 amide bonds. The number of hydrogen-bond acceptors (Lipinski definition) is 6. The molecule has 120 valence electrons. The minimum absolute atomic E-state index is 0.313. The van der Waals surface area contributed by atoms with Gasteiger partial charge in [0.1, 0.15) is 12.1 Å². The van der Waals surface area contributed by atoms with Gasteiger partial charge in [0, 0.05) is 18.3 Å².